The molecule has 0 unspecified atom stereocenters. The number of hydrogen-bond acceptors (Lipinski definition) is 2. The molecule has 19 heavy (non-hydrogen) atoms. The molecule has 108 valence electrons. The van der Waals surface area contributed by atoms with Crippen LogP contribution >= 0.6 is 0 Å². The second kappa shape index (κ2) is 6.42. The van der Waals surface area contributed by atoms with Crippen molar-refractivity contribution in [1.29, 1.82) is 0 Å². The summed E-state index contributed by atoms with van der Waals surface area (Å²) in [6.45, 7) is 14.2. The summed E-state index contributed by atoms with van der Waals surface area (Å²) in [5.41, 5.74) is 5.55. The monoisotopic (exact) mass is 263 g/mol. The average molecular weight is 263 g/mol. The zero-order valence-corrected chi connectivity index (χ0v) is 13.6. The van der Waals surface area contributed by atoms with Crippen molar-refractivity contribution < 1.29 is 4.74 Å². The Morgan fingerprint density at radius 2 is 1.74 bits per heavy atom. The minimum absolute atomic E-state index is 0.209. The molecule has 0 heterocycles. The van der Waals surface area contributed by atoms with E-state index in [1.807, 2.05) is 0 Å². The highest BCUT2D eigenvalue weighted by Gasteiger charge is 2.11. The number of ether oxygens (including phenoxy) is 1. The van der Waals surface area contributed by atoms with E-state index in [9.17, 15) is 0 Å². The summed E-state index contributed by atoms with van der Waals surface area (Å²) in [6.07, 6.45) is 2.30. The standard InChI is InChI=1S/C17H29NO/c1-12-11-15(9-8-10-18-17(4,5)6)13(2)14(3)16(12)19-7/h11,18H,8-10H2,1-7H3. The normalized spacial score (nSPS) is 11.7. The summed E-state index contributed by atoms with van der Waals surface area (Å²) in [6, 6.07) is 2.28. The van der Waals surface area contributed by atoms with E-state index in [1.165, 1.54) is 28.7 Å². The Bertz CT molecular complexity index is 430. The zero-order valence-electron chi connectivity index (χ0n) is 13.6. The number of hydrogen-bond donors (Lipinski definition) is 1. The number of nitrogens with one attached hydrogen (secondary N) is 1. The molecule has 0 atom stereocenters. The summed E-state index contributed by atoms with van der Waals surface area (Å²) >= 11 is 0. The van der Waals surface area contributed by atoms with Crippen molar-refractivity contribution in [3.63, 3.8) is 0 Å². The van der Waals surface area contributed by atoms with Gasteiger partial charge in [-0.15, -0.1) is 0 Å². The molecule has 2 nitrogen and oxygen atoms in total. The van der Waals surface area contributed by atoms with Crippen LogP contribution in [0.5, 0.6) is 5.75 Å². The van der Waals surface area contributed by atoms with Gasteiger partial charge in [-0.1, -0.05) is 6.07 Å². The summed E-state index contributed by atoms with van der Waals surface area (Å²) in [5.74, 6) is 1.04. The molecule has 1 N–H and O–H groups in total. The summed E-state index contributed by atoms with van der Waals surface area (Å²) in [7, 11) is 1.75. The molecule has 1 rings (SSSR count). The molecule has 0 radical (unpaired) electrons. The van der Waals surface area contributed by atoms with Crippen molar-refractivity contribution in [2.24, 2.45) is 0 Å². The van der Waals surface area contributed by atoms with Gasteiger partial charge >= 0.3 is 0 Å². The molecule has 0 fully saturated rings. The van der Waals surface area contributed by atoms with Crippen molar-refractivity contribution in [2.45, 2.75) is 59.9 Å². The van der Waals surface area contributed by atoms with Crippen LogP contribution in [0.4, 0.5) is 0 Å². The van der Waals surface area contributed by atoms with E-state index >= 15 is 0 Å². The first-order chi connectivity index (χ1) is 8.76. The van der Waals surface area contributed by atoms with Crippen molar-refractivity contribution in [3.05, 3.63) is 28.3 Å². The minimum Gasteiger partial charge on any atom is -0.496 e. The van der Waals surface area contributed by atoms with Crippen molar-refractivity contribution in [1.82, 2.24) is 5.32 Å². The van der Waals surface area contributed by atoms with E-state index in [1.54, 1.807) is 7.11 Å². The Morgan fingerprint density at radius 1 is 1.11 bits per heavy atom. The molecular formula is C17H29NO. The van der Waals surface area contributed by atoms with Gasteiger partial charge < -0.3 is 10.1 Å². The molecule has 0 saturated carbocycles. The van der Waals surface area contributed by atoms with Crippen LogP contribution < -0.4 is 10.1 Å². The van der Waals surface area contributed by atoms with Gasteiger partial charge in [-0.05, 0) is 83.2 Å². The number of methoxy groups -OCH3 is 1. The highest BCUT2D eigenvalue weighted by Crippen LogP contribution is 2.29. The van der Waals surface area contributed by atoms with Crippen LogP contribution in [-0.2, 0) is 6.42 Å². The van der Waals surface area contributed by atoms with Gasteiger partial charge in [0.1, 0.15) is 5.75 Å². The van der Waals surface area contributed by atoms with Crippen molar-refractivity contribution >= 4 is 0 Å². The second-order valence-corrected chi connectivity index (χ2v) is 6.42. The first kappa shape index (κ1) is 16.0. The fourth-order valence-corrected chi connectivity index (χ4v) is 2.46. The van der Waals surface area contributed by atoms with Crippen LogP contribution in [-0.4, -0.2) is 19.2 Å². The van der Waals surface area contributed by atoms with Crippen molar-refractivity contribution in [3.8, 4) is 5.75 Å². The van der Waals surface area contributed by atoms with Crippen LogP contribution in [0, 0.1) is 20.8 Å². The highest BCUT2D eigenvalue weighted by atomic mass is 16.5. The molecule has 0 aliphatic heterocycles. The van der Waals surface area contributed by atoms with Crippen LogP contribution in [0.15, 0.2) is 6.07 Å². The zero-order chi connectivity index (χ0) is 14.6. The van der Waals surface area contributed by atoms with Crippen LogP contribution in [0.3, 0.4) is 0 Å². The third-order valence-electron chi connectivity index (χ3n) is 3.62. The number of aryl methyl sites for hydroxylation is 2. The smallest absolute Gasteiger partial charge is 0.124 e. The minimum atomic E-state index is 0.209. The predicted molar refractivity (Wildman–Crippen MR) is 83.3 cm³/mol. The first-order valence-electron chi connectivity index (χ1n) is 7.15. The largest absolute Gasteiger partial charge is 0.496 e. The lowest BCUT2D eigenvalue weighted by molar-refractivity contribution is 0.407. The molecule has 2 heteroatoms. The van der Waals surface area contributed by atoms with Gasteiger partial charge in [-0.2, -0.15) is 0 Å². The maximum Gasteiger partial charge on any atom is 0.124 e. The molecule has 0 aliphatic rings. The average Bonchev–Trinajstić information content (AvgIpc) is 2.30. The maximum atomic E-state index is 5.47. The molecule has 1 aromatic rings. The molecular weight excluding hydrogens is 234 g/mol. The van der Waals surface area contributed by atoms with Crippen molar-refractivity contribution in [2.75, 3.05) is 13.7 Å². The number of benzene rings is 1. The molecule has 0 bridgehead atoms. The summed E-state index contributed by atoms with van der Waals surface area (Å²) < 4.78 is 5.47. The van der Waals surface area contributed by atoms with Gasteiger partial charge in [0.15, 0.2) is 0 Å². The third-order valence-corrected chi connectivity index (χ3v) is 3.62. The van der Waals surface area contributed by atoms with Crippen LogP contribution in [0.25, 0.3) is 0 Å². The topological polar surface area (TPSA) is 21.3 Å². The van der Waals surface area contributed by atoms with Gasteiger partial charge in [0, 0.05) is 5.54 Å². The molecule has 0 aliphatic carbocycles. The Kier molecular flexibility index (Phi) is 5.42. The molecule has 0 aromatic heterocycles. The van der Waals surface area contributed by atoms with Gasteiger partial charge in [0.05, 0.1) is 7.11 Å². The molecule has 0 spiro atoms. The highest BCUT2D eigenvalue weighted by molar-refractivity contribution is 5.49. The summed E-state index contributed by atoms with van der Waals surface area (Å²) in [5, 5.41) is 3.54. The van der Waals surface area contributed by atoms with Crippen LogP contribution in [0.1, 0.15) is 49.4 Å². The SMILES string of the molecule is COc1c(C)cc(CCCNC(C)(C)C)c(C)c1C. The Balaban J connectivity index is 2.70. The Morgan fingerprint density at radius 3 is 2.26 bits per heavy atom. The second-order valence-electron chi connectivity index (χ2n) is 6.42. The fraction of sp³-hybridized carbons (Fsp3) is 0.647. The number of rotatable bonds is 5. The Labute approximate surface area is 118 Å². The first-order valence-corrected chi connectivity index (χ1v) is 7.15. The predicted octanol–water partition coefficient (Wildman–Crippen LogP) is 3.94. The quantitative estimate of drug-likeness (QED) is 0.812. The van der Waals surface area contributed by atoms with Gasteiger partial charge in [-0.3, -0.25) is 0 Å². The van der Waals surface area contributed by atoms with E-state index in [-0.39, 0.29) is 5.54 Å². The molecule has 1 aromatic carbocycles. The lowest BCUT2D eigenvalue weighted by Crippen LogP contribution is -2.36. The van der Waals surface area contributed by atoms with Crippen LogP contribution in [0.2, 0.25) is 0 Å². The van der Waals surface area contributed by atoms with E-state index in [4.69, 9.17) is 4.74 Å². The molecule has 0 amide bonds. The van der Waals surface area contributed by atoms with E-state index < -0.39 is 0 Å². The van der Waals surface area contributed by atoms with Gasteiger partial charge in [0.2, 0.25) is 0 Å². The maximum absolute atomic E-state index is 5.47. The van der Waals surface area contributed by atoms with E-state index in [0.717, 1.165) is 18.7 Å². The fourth-order valence-electron chi connectivity index (χ4n) is 2.46. The Hall–Kier alpha value is -1.02. The lowest BCUT2D eigenvalue weighted by Gasteiger charge is -2.21. The van der Waals surface area contributed by atoms with E-state index in [0.29, 0.717) is 0 Å². The lowest BCUT2D eigenvalue weighted by atomic mass is 9.95. The van der Waals surface area contributed by atoms with Gasteiger partial charge in [0.25, 0.3) is 0 Å². The summed E-state index contributed by atoms with van der Waals surface area (Å²) in [4.78, 5) is 0. The van der Waals surface area contributed by atoms with Gasteiger partial charge in [-0.25, -0.2) is 0 Å². The van der Waals surface area contributed by atoms with E-state index in [2.05, 4.69) is 52.9 Å². The molecule has 0 saturated heterocycles. The third kappa shape index (κ3) is 4.54.